The lowest BCUT2D eigenvalue weighted by molar-refractivity contribution is -0.274. The third-order valence-electron chi connectivity index (χ3n) is 2.95. The van der Waals surface area contributed by atoms with Gasteiger partial charge in [-0.3, -0.25) is 0 Å². The van der Waals surface area contributed by atoms with Crippen molar-refractivity contribution < 1.29 is 17.9 Å². The van der Waals surface area contributed by atoms with Gasteiger partial charge in [-0.1, -0.05) is 18.6 Å². The quantitative estimate of drug-likeness (QED) is 0.717. The van der Waals surface area contributed by atoms with Gasteiger partial charge in [-0.2, -0.15) is 0 Å². The van der Waals surface area contributed by atoms with Gasteiger partial charge >= 0.3 is 6.36 Å². The molecular weight excluding hydrogens is 253 g/mol. The Morgan fingerprint density at radius 1 is 1.24 bits per heavy atom. The fourth-order valence-corrected chi connectivity index (χ4v) is 2.66. The van der Waals surface area contributed by atoms with E-state index in [2.05, 4.69) is 4.74 Å². The zero-order chi connectivity index (χ0) is 12.5. The van der Waals surface area contributed by atoms with E-state index in [1.807, 2.05) is 0 Å². The average Bonchev–Trinajstić information content (AvgIpc) is 2.62. The third-order valence-corrected chi connectivity index (χ3v) is 3.47. The number of hydrogen-bond acceptors (Lipinski definition) is 1. The molecule has 0 saturated heterocycles. The molecule has 1 fully saturated rings. The topological polar surface area (TPSA) is 9.23 Å². The number of rotatable bonds is 2. The second-order valence-corrected chi connectivity index (χ2v) is 4.73. The Kier molecular flexibility index (Phi) is 3.52. The monoisotopic (exact) mass is 264 g/mol. The summed E-state index contributed by atoms with van der Waals surface area (Å²) in [5.74, 6) is -0.0424. The second kappa shape index (κ2) is 4.77. The van der Waals surface area contributed by atoms with Crippen LogP contribution in [0.3, 0.4) is 0 Å². The van der Waals surface area contributed by atoms with Gasteiger partial charge < -0.3 is 4.74 Å². The number of benzene rings is 1. The molecule has 94 valence electrons. The minimum absolute atomic E-state index is 0.0103. The maximum absolute atomic E-state index is 12.1. The first-order valence-corrected chi connectivity index (χ1v) is 5.89. The molecule has 17 heavy (non-hydrogen) atoms. The molecule has 1 aliphatic rings. The van der Waals surface area contributed by atoms with E-state index in [9.17, 15) is 13.2 Å². The Labute approximate surface area is 103 Å². The number of alkyl halides is 4. The summed E-state index contributed by atoms with van der Waals surface area (Å²) in [5, 5.41) is 0.0103. The highest BCUT2D eigenvalue weighted by Crippen LogP contribution is 2.39. The van der Waals surface area contributed by atoms with Gasteiger partial charge in [0.05, 0.1) is 0 Å². The molecule has 2 rings (SSSR count). The summed E-state index contributed by atoms with van der Waals surface area (Å²) in [5.41, 5.74) is 0.823. The highest BCUT2D eigenvalue weighted by molar-refractivity contribution is 6.21. The molecule has 0 aliphatic heterocycles. The first-order chi connectivity index (χ1) is 7.96. The molecule has 5 heteroatoms. The maximum atomic E-state index is 12.1. The van der Waals surface area contributed by atoms with Gasteiger partial charge in [0, 0.05) is 11.3 Å². The van der Waals surface area contributed by atoms with Crippen molar-refractivity contribution in [1.29, 1.82) is 0 Å². The van der Waals surface area contributed by atoms with Crippen molar-refractivity contribution in [3.63, 3.8) is 0 Å². The minimum Gasteiger partial charge on any atom is -0.406 e. The number of ether oxygens (including phenoxy) is 1. The van der Waals surface area contributed by atoms with Crippen molar-refractivity contribution in [2.75, 3.05) is 0 Å². The number of hydrogen-bond donors (Lipinski definition) is 0. The van der Waals surface area contributed by atoms with Crippen molar-refractivity contribution in [2.45, 2.75) is 36.9 Å². The van der Waals surface area contributed by atoms with Crippen LogP contribution in [0.2, 0.25) is 0 Å². The standard InChI is InChI=1S/C12H12ClF3O/c13-11-6-2-5-10(11)8-3-1-4-9(7-8)17-12(14,15)16/h1,3-4,7,10-11H,2,5-6H2. The van der Waals surface area contributed by atoms with Gasteiger partial charge in [0.2, 0.25) is 0 Å². The van der Waals surface area contributed by atoms with E-state index in [-0.39, 0.29) is 17.0 Å². The molecule has 0 heterocycles. The molecule has 1 nitrogen and oxygen atoms in total. The molecule has 1 aliphatic carbocycles. The van der Waals surface area contributed by atoms with Gasteiger partial charge in [-0.25, -0.2) is 0 Å². The van der Waals surface area contributed by atoms with Crippen LogP contribution in [0, 0.1) is 0 Å². The van der Waals surface area contributed by atoms with Crippen LogP contribution in [-0.2, 0) is 0 Å². The summed E-state index contributed by atoms with van der Waals surface area (Å²) >= 11 is 6.14. The Hall–Kier alpha value is -0.900. The molecule has 1 saturated carbocycles. The fraction of sp³-hybridized carbons (Fsp3) is 0.500. The SMILES string of the molecule is FC(F)(F)Oc1cccc(C2CCCC2Cl)c1. The second-order valence-electron chi connectivity index (χ2n) is 4.17. The molecule has 1 aromatic rings. The Morgan fingerprint density at radius 2 is 2.00 bits per heavy atom. The Balaban J connectivity index is 2.16. The molecule has 0 aromatic heterocycles. The van der Waals surface area contributed by atoms with Crippen LogP contribution in [0.5, 0.6) is 5.75 Å². The van der Waals surface area contributed by atoms with E-state index in [1.54, 1.807) is 12.1 Å². The van der Waals surface area contributed by atoms with Gasteiger partial charge in [0.1, 0.15) is 5.75 Å². The summed E-state index contributed by atoms with van der Waals surface area (Å²) in [6.45, 7) is 0. The lowest BCUT2D eigenvalue weighted by atomic mass is 9.97. The Bertz CT molecular complexity index is 392. The largest absolute Gasteiger partial charge is 0.573 e. The first-order valence-electron chi connectivity index (χ1n) is 5.45. The van der Waals surface area contributed by atoms with Gasteiger partial charge in [0.15, 0.2) is 0 Å². The van der Waals surface area contributed by atoms with Crippen molar-refractivity contribution in [2.24, 2.45) is 0 Å². The Morgan fingerprint density at radius 3 is 2.59 bits per heavy atom. The van der Waals surface area contributed by atoms with E-state index < -0.39 is 6.36 Å². The lowest BCUT2D eigenvalue weighted by Gasteiger charge is -2.16. The van der Waals surface area contributed by atoms with Crippen molar-refractivity contribution in [3.05, 3.63) is 29.8 Å². The van der Waals surface area contributed by atoms with Crippen LogP contribution in [0.25, 0.3) is 0 Å². The molecule has 2 unspecified atom stereocenters. The molecule has 0 spiro atoms. The van der Waals surface area contributed by atoms with Crippen LogP contribution in [0.15, 0.2) is 24.3 Å². The molecule has 0 amide bonds. The van der Waals surface area contributed by atoms with Crippen LogP contribution in [-0.4, -0.2) is 11.7 Å². The first kappa shape index (κ1) is 12.6. The van der Waals surface area contributed by atoms with Gasteiger partial charge in [-0.15, -0.1) is 24.8 Å². The predicted molar refractivity (Wildman–Crippen MR) is 59.4 cm³/mol. The summed E-state index contributed by atoms with van der Waals surface area (Å²) < 4.78 is 40.1. The molecular formula is C12H12ClF3O. The molecule has 0 bridgehead atoms. The van der Waals surface area contributed by atoms with E-state index in [0.29, 0.717) is 0 Å². The van der Waals surface area contributed by atoms with Crippen LogP contribution in [0.4, 0.5) is 13.2 Å². The lowest BCUT2D eigenvalue weighted by Crippen LogP contribution is -2.17. The average molecular weight is 265 g/mol. The number of halogens is 4. The predicted octanol–water partition coefficient (Wildman–Crippen LogP) is 4.46. The minimum atomic E-state index is -4.64. The van der Waals surface area contributed by atoms with E-state index >= 15 is 0 Å². The summed E-state index contributed by atoms with van der Waals surface area (Å²) in [6, 6.07) is 6.10. The summed E-state index contributed by atoms with van der Waals surface area (Å²) in [6.07, 6.45) is -1.79. The van der Waals surface area contributed by atoms with Crippen LogP contribution < -0.4 is 4.74 Å². The maximum Gasteiger partial charge on any atom is 0.573 e. The molecule has 2 atom stereocenters. The van der Waals surface area contributed by atoms with E-state index in [1.165, 1.54) is 12.1 Å². The van der Waals surface area contributed by atoms with Gasteiger partial charge in [-0.05, 0) is 30.5 Å². The highest BCUT2D eigenvalue weighted by atomic mass is 35.5. The van der Waals surface area contributed by atoms with Gasteiger partial charge in [0.25, 0.3) is 0 Å². The van der Waals surface area contributed by atoms with E-state index in [4.69, 9.17) is 11.6 Å². The van der Waals surface area contributed by atoms with Crippen molar-refractivity contribution in [1.82, 2.24) is 0 Å². The molecule has 1 aromatic carbocycles. The van der Waals surface area contributed by atoms with Crippen molar-refractivity contribution in [3.8, 4) is 5.75 Å². The highest BCUT2D eigenvalue weighted by Gasteiger charge is 2.32. The summed E-state index contributed by atoms with van der Waals surface area (Å²) in [4.78, 5) is 0. The summed E-state index contributed by atoms with van der Waals surface area (Å²) in [7, 11) is 0. The van der Waals surface area contributed by atoms with Crippen LogP contribution >= 0.6 is 11.6 Å². The molecule has 0 radical (unpaired) electrons. The third kappa shape index (κ3) is 3.28. The zero-order valence-corrected chi connectivity index (χ0v) is 9.76. The smallest absolute Gasteiger partial charge is 0.406 e. The normalized spacial score (nSPS) is 24.9. The zero-order valence-electron chi connectivity index (χ0n) is 9.01. The van der Waals surface area contributed by atoms with E-state index in [0.717, 1.165) is 24.8 Å². The van der Waals surface area contributed by atoms with Crippen molar-refractivity contribution >= 4 is 11.6 Å². The molecule has 0 N–H and O–H groups in total. The fourth-order valence-electron chi connectivity index (χ4n) is 2.23. The van der Waals surface area contributed by atoms with Crippen LogP contribution in [0.1, 0.15) is 30.7 Å².